The van der Waals surface area contributed by atoms with Gasteiger partial charge in [-0.3, -0.25) is 0 Å². The Hall–Kier alpha value is -2.61. The topological polar surface area (TPSA) is 36.4 Å². The Morgan fingerprint density at radius 1 is 0.388 bits per heavy atom. The third-order valence-electron chi connectivity index (χ3n) is 16.4. The van der Waals surface area contributed by atoms with Crippen LogP contribution in [0, 0.1) is 11.8 Å². The zero-order valence-electron chi connectivity index (χ0n) is 54.3. The Balaban J connectivity index is 0.00000107. The van der Waals surface area contributed by atoms with Gasteiger partial charge in [0.05, 0.1) is 5.57 Å². The summed E-state index contributed by atoms with van der Waals surface area (Å²) >= 11 is 2.03. The van der Waals surface area contributed by atoms with Crippen molar-refractivity contribution in [1.82, 2.24) is 0 Å². The molecule has 2 nitrogen and oxygen atoms in total. The standard InChI is InChI=1S/C53H82N2.2C12H25.Ni/c1-5-9-13-14-15-16-17-18-19-20-21-22-23-24-25-26-27-28-29-30-31-32-33-40-48-41-34-35-44-51(48)53(49-42-36-38-47(45-49)37-10-6-2)52(43-12-8-4)50(46-55-54)39-11-7-3;2*1-3-5-7-9-11-12-10-8-6-4-2;/h34-36,38,41-42,44-45H,5-29,32-33,37,39-40,43H2,1-4H3;2*1,3-12H2,2H3;. The van der Waals surface area contributed by atoms with Crippen molar-refractivity contribution in [3.05, 3.63) is 87.5 Å². The number of rotatable bonds is 55. The molecule has 0 N–H and O–H groups in total. The fourth-order valence-electron chi connectivity index (χ4n) is 11.2. The predicted molar refractivity (Wildman–Crippen MR) is 356 cm³/mol. The third-order valence-corrected chi connectivity index (χ3v) is 17.8. The van der Waals surface area contributed by atoms with Gasteiger partial charge in [0.15, 0.2) is 0 Å². The third kappa shape index (κ3) is 44.9. The second kappa shape index (κ2) is 61.0. The van der Waals surface area contributed by atoms with E-state index in [0.717, 1.165) is 76.2 Å². The molecule has 0 unspecified atom stereocenters. The van der Waals surface area contributed by atoms with E-state index in [9.17, 15) is 5.53 Å². The van der Waals surface area contributed by atoms with Gasteiger partial charge in [0.1, 0.15) is 0 Å². The van der Waals surface area contributed by atoms with Gasteiger partial charge in [-0.2, -0.15) is 0 Å². The average Bonchev–Trinajstić information content (AvgIpc) is 3.51. The SMILES string of the molecule is CCCCCCCCCCCCCCCCCCCCC#CCCCc1ccccc1C(=C(CCCC)C(=C=[N+]=[N-])CCCC)c1cccc(CCCC)c1.CCCCCCCCCCC[CH2][Ni][CH2]CCCCCCCCCCC. The first-order valence-electron chi connectivity index (χ1n) is 35.4. The van der Waals surface area contributed by atoms with E-state index in [1.54, 1.807) is 0 Å². The van der Waals surface area contributed by atoms with Gasteiger partial charge in [0, 0.05) is 12.8 Å². The summed E-state index contributed by atoms with van der Waals surface area (Å²) < 4.78 is 0. The number of allylic oxidation sites excluding steroid dienone is 2. The van der Waals surface area contributed by atoms with Crippen molar-refractivity contribution in [3.63, 3.8) is 0 Å². The Bertz CT molecular complexity index is 1810. The van der Waals surface area contributed by atoms with Crippen molar-refractivity contribution < 1.29 is 19.2 Å². The van der Waals surface area contributed by atoms with E-state index in [-0.39, 0.29) is 0 Å². The van der Waals surface area contributed by atoms with Crippen molar-refractivity contribution in [2.45, 2.75) is 380 Å². The summed E-state index contributed by atoms with van der Waals surface area (Å²) in [7, 11) is 0. The van der Waals surface area contributed by atoms with E-state index in [2.05, 4.69) is 113 Å². The number of benzene rings is 2. The van der Waals surface area contributed by atoms with Crippen LogP contribution in [0.5, 0.6) is 0 Å². The molecule has 0 saturated carbocycles. The fourth-order valence-corrected chi connectivity index (χ4v) is 12.5. The van der Waals surface area contributed by atoms with Crippen molar-refractivity contribution in [2.75, 3.05) is 0 Å². The minimum absolute atomic E-state index is 0.871. The number of hydrogen-bond acceptors (Lipinski definition) is 0. The zero-order valence-corrected chi connectivity index (χ0v) is 55.3. The van der Waals surface area contributed by atoms with Gasteiger partial charge >= 0.3 is 173 Å². The Labute approximate surface area is 506 Å². The van der Waals surface area contributed by atoms with E-state index in [1.807, 2.05) is 14.4 Å². The Morgan fingerprint density at radius 2 is 0.787 bits per heavy atom. The van der Waals surface area contributed by atoms with Crippen LogP contribution in [0.25, 0.3) is 11.1 Å². The number of hydrogen-bond donors (Lipinski definition) is 0. The van der Waals surface area contributed by atoms with Crippen LogP contribution in [0.15, 0.2) is 59.7 Å². The van der Waals surface area contributed by atoms with Crippen LogP contribution in [-0.2, 0) is 27.3 Å². The molecule has 0 aliphatic carbocycles. The van der Waals surface area contributed by atoms with Gasteiger partial charge in [0.2, 0.25) is 0 Å². The molecule has 2 aromatic carbocycles. The quantitative estimate of drug-likeness (QED) is 0.0120. The maximum atomic E-state index is 9.73. The van der Waals surface area contributed by atoms with Crippen molar-refractivity contribution in [1.29, 1.82) is 0 Å². The predicted octanol–water partition coefficient (Wildman–Crippen LogP) is 26.5. The molecule has 0 aliphatic rings. The summed E-state index contributed by atoms with van der Waals surface area (Å²) in [4.78, 5) is 3.47. The Kier molecular flexibility index (Phi) is 57.5. The van der Waals surface area contributed by atoms with E-state index in [4.69, 9.17) is 0 Å². The van der Waals surface area contributed by atoms with E-state index >= 15 is 0 Å². The molecule has 2 aromatic rings. The van der Waals surface area contributed by atoms with Gasteiger partial charge in [-0.1, -0.05) is 205 Å². The van der Waals surface area contributed by atoms with Crippen LogP contribution in [0.4, 0.5) is 0 Å². The minimum atomic E-state index is 0.871. The molecule has 0 atom stereocenters. The summed E-state index contributed by atoms with van der Waals surface area (Å²) in [5, 5.41) is 2.86. The van der Waals surface area contributed by atoms with Gasteiger partial charge < -0.3 is 5.53 Å². The second-order valence-electron chi connectivity index (χ2n) is 24.0. The summed E-state index contributed by atoms with van der Waals surface area (Å²) in [6, 6.07) is 18.2. The molecule has 0 spiro atoms. The molecule has 3 heteroatoms. The molecule has 80 heavy (non-hydrogen) atoms. The molecular formula is C77H132N2Ni. The van der Waals surface area contributed by atoms with Gasteiger partial charge in [-0.15, -0.1) is 16.6 Å². The summed E-state index contributed by atoms with van der Waals surface area (Å²) in [5.41, 5.74) is 18.7. The Morgan fingerprint density at radius 3 is 1.24 bits per heavy atom. The van der Waals surface area contributed by atoms with Gasteiger partial charge in [-0.25, -0.2) is 0 Å². The molecular weight excluding hydrogens is 1010 g/mol. The van der Waals surface area contributed by atoms with Crippen molar-refractivity contribution in [3.8, 4) is 11.8 Å². The molecule has 460 valence electrons. The summed E-state index contributed by atoms with van der Waals surface area (Å²) in [6.07, 6.45) is 68.4. The summed E-state index contributed by atoms with van der Waals surface area (Å²) in [6.45, 7) is 13.6. The van der Waals surface area contributed by atoms with Crippen LogP contribution in [-0.4, -0.2) is 10.7 Å². The zero-order chi connectivity index (χ0) is 57.7. The molecule has 0 bridgehead atoms. The van der Waals surface area contributed by atoms with Crippen molar-refractivity contribution in [2.24, 2.45) is 0 Å². The van der Waals surface area contributed by atoms with Crippen LogP contribution < -0.4 is 0 Å². The second-order valence-corrected chi connectivity index (χ2v) is 25.5. The molecule has 0 amide bonds. The van der Waals surface area contributed by atoms with E-state index in [0.29, 0.717) is 0 Å². The number of aryl methyl sites for hydroxylation is 2. The fraction of sp³-hybridized carbons (Fsp3) is 0.766. The van der Waals surface area contributed by atoms with E-state index in [1.165, 1.54) is 301 Å². The number of unbranched alkanes of at least 4 members (excludes halogenated alkanes) is 40. The monoisotopic (exact) mass is 1140 g/mol. The molecule has 0 aromatic heterocycles. The first kappa shape index (κ1) is 75.4. The molecule has 0 aliphatic heterocycles. The van der Waals surface area contributed by atoms with Crippen molar-refractivity contribution >= 4 is 11.4 Å². The first-order valence-corrected chi connectivity index (χ1v) is 36.8. The first-order chi connectivity index (χ1) is 39.6. The molecule has 0 radical (unpaired) electrons. The molecule has 0 saturated heterocycles. The molecule has 2 rings (SSSR count). The maximum absolute atomic E-state index is 9.73. The van der Waals surface area contributed by atoms with Gasteiger partial charge in [0.25, 0.3) is 0 Å². The molecule has 0 heterocycles. The summed E-state index contributed by atoms with van der Waals surface area (Å²) in [5.74, 6) is 10.1. The van der Waals surface area contributed by atoms with Crippen LogP contribution in [0.3, 0.4) is 0 Å². The van der Waals surface area contributed by atoms with Crippen LogP contribution in [0.2, 0.25) is 10.8 Å². The molecule has 0 fully saturated rings. The number of nitrogens with zero attached hydrogens (tertiary/aromatic N) is 2. The van der Waals surface area contributed by atoms with Crippen LogP contribution >= 0.6 is 0 Å². The van der Waals surface area contributed by atoms with Gasteiger partial charge in [-0.05, 0) is 91.2 Å². The average molecular weight is 1140 g/mol. The normalized spacial score (nSPS) is 11.4. The van der Waals surface area contributed by atoms with E-state index < -0.39 is 0 Å². The van der Waals surface area contributed by atoms with Crippen LogP contribution in [0.1, 0.15) is 378 Å².